The molecule has 3 N–H and O–H groups in total. The van der Waals surface area contributed by atoms with Crippen LogP contribution in [0.4, 0.5) is 9.18 Å². The minimum atomic E-state index is -0.366. The van der Waals surface area contributed by atoms with E-state index in [9.17, 15) is 14.0 Å². The molecule has 0 atom stereocenters. The summed E-state index contributed by atoms with van der Waals surface area (Å²) in [6, 6.07) is 6.07. The largest absolute Gasteiger partial charge is 0.357 e. The molecule has 0 bridgehead atoms. The van der Waals surface area contributed by atoms with Crippen molar-refractivity contribution in [3.8, 4) is 0 Å². The van der Waals surface area contributed by atoms with Gasteiger partial charge in [-0.05, 0) is 31.0 Å². The van der Waals surface area contributed by atoms with Gasteiger partial charge in [0.15, 0.2) is 5.96 Å². The minimum absolute atomic E-state index is 0.0562. The summed E-state index contributed by atoms with van der Waals surface area (Å²) in [5.41, 5.74) is 0.883. The standard InChI is InChI=1S/C16H22FN5O2/c1-2-18-15(19-7-6-12-4-3-5-13(17)10-12)20-8-9-22-14(23)11-21-16(22)24/h3-5,10H,2,6-9,11H2,1H3,(H,21,24)(H2,18,19,20). The molecule has 8 heteroatoms. The number of nitrogens with zero attached hydrogens (tertiary/aromatic N) is 2. The average Bonchev–Trinajstić information content (AvgIpc) is 2.87. The van der Waals surface area contributed by atoms with E-state index in [0.717, 1.165) is 5.56 Å². The van der Waals surface area contributed by atoms with E-state index in [1.54, 1.807) is 6.07 Å². The number of aliphatic imine (C=N–C) groups is 1. The zero-order valence-electron chi connectivity index (χ0n) is 13.6. The van der Waals surface area contributed by atoms with Crippen molar-refractivity contribution >= 4 is 17.9 Å². The van der Waals surface area contributed by atoms with Gasteiger partial charge < -0.3 is 16.0 Å². The topological polar surface area (TPSA) is 85.8 Å². The van der Waals surface area contributed by atoms with Crippen molar-refractivity contribution in [1.29, 1.82) is 0 Å². The SMILES string of the molecule is CCNC(=NCCc1cccc(F)c1)NCCN1C(=O)CNC1=O. The third kappa shape index (κ3) is 5.22. The summed E-state index contributed by atoms with van der Waals surface area (Å²) in [4.78, 5) is 28.5. The number of guanidine groups is 1. The molecule has 0 spiro atoms. The van der Waals surface area contributed by atoms with Gasteiger partial charge in [-0.25, -0.2) is 9.18 Å². The predicted octanol–water partition coefficient (Wildman–Crippen LogP) is 0.475. The maximum atomic E-state index is 13.1. The van der Waals surface area contributed by atoms with Gasteiger partial charge in [-0.3, -0.25) is 14.7 Å². The van der Waals surface area contributed by atoms with Crippen LogP contribution in [0.1, 0.15) is 12.5 Å². The summed E-state index contributed by atoms with van der Waals surface area (Å²) in [6.45, 7) is 3.88. The molecule has 0 radical (unpaired) electrons. The van der Waals surface area contributed by atoms with Crippen molar-refractivity contribution in [3.63, 3.8) is 0 Å². The van der Waals surface area contributed by atoms with Crippen LogP contribution in [0, 0.1) is 5.82 Å². The van der Waals surface area contributed by atoms with Gasteiger partial charge in [0.2, 0.25) is 5.91 Å². The molecule has 1 heterocycles. The first kappa shape index (κ1) is 17.7. The smallest absolute Gasteiger partial charge is 0.324 e. The minimum Gasteiger partial charge on any atom is -0.357 e. The summed E-state index contributed by atoms with van der Waals surface area (Å²) >= 11 is 0. The van der Waals surface area contributed by atoms with Crippen LogP contribution in [0.25, 0.3) is 0 Å². The first-order valence-corrected chi connectivity index (χ1v) is 7.95. The molecule has 7 nitrogen and oxygen atoms in total. The molecule has 0 saturated carbocycles. The molecule has 0 aliphatic carbocycles. The number of carbonyl (C=O) groups is 2. The Morgan fingerprint density at radius 3 is 2.88 bits per heavy atom. The predicted molar refractivity (Wildman–Crippen MR) is 89.2 cm³/mol. The number of benzene rings is 1. The number of hydrogen-bond acceptors (Lipinski definition) is 3. The fraction of sp³-hybridized carbons (Fsp3) is 0.438. The highest BCUT2D eigenvalue weighted by molar-refractivity contribution is 6.01. The van der Waals surface area contributed by atoms with E-state index >= 15 is 0 Å². The number of imide groups is 1. The molecule has 1 saturated heterocycles. The molecule has 0 unspecified atom stereocenters. The van der Waals surface area contributed by atoms with Gasteiger partial charge in [0.25, 0.3) is 0 Å². The van der Waals surface area contributed by atoms with E-state index in [-0.39, 0.29) is 30.8 Å². The fourth-order valence-electron chi connectivity index (χ4n) is 2.30. The van der Waals surface area contributed by atoms with Crippen LogP contribution in [0.3, 0.4) is 0 Å². The highest BCUT2D eigenvalue weighted by Gasteiger charge is 2.27. The number of carbonyl (C=O) groups excluding carboxylic acids is 2. The molecule has 1 fully saturated rings. The summed E-state index contributed by atoms with van der Waals surface area (Å²) in [7, 11) is 0. The molecule has 130 valence electrons. The third-order valence-electron chi connectivity index (χ3n) is 3.47. The van der Waals surface area contributed by atoms with Crippen LogP contribution in [-0.2, 0) is 11.2 Å². The van der Waals surface area contributed by atoms with Gasteiger partial charge in [0, 0.05) is 26.2 Å². The van der Waals surface area contributed by atoms with Crippen LogP contribution in [0.5, 0.6) is 0 Å². The second-order valence-electron chi connectivity index (χ2n) is 5.27. The van der Waals surface area contributed by atoms with E-state index < -0.39 is 0 Å². The van der Waals surface area contributed by atoms with Crippen LogP contribution in [0.15, 0.2) is 29.3 Å². The van der Waals surface area contributed by atoms with Gasteiger partial charge in [0.1, 0.15) is 5.82 Å². The molecular formula is C16H22FN5O2. The second kappa shape index (κ2) is 8.85. The first-order valence-electron chi connectivity index (χ1n) is 7.95. The van der Waals surface area contributed by atoms with Crippen molar-refractivity contribution in [2.24, 2.45) is 4.99 Å². The summed E-state index contributed by atoms with van der Waals surface area (Å²) < 4.78 is 13.1. The van der Waals surface area contributed by atoms with Gasteiger partial charge >= 0.3 is 6.03 Å². The molecule has 24 heavy (non-hydrogen) atoms. The molecule has 2 rings (SSSR count). The van der Waals surface area contributed by atoms with Gasteiger partial charge in [0.05, 0.1) is 6.54 Å². The van der Waals surface area contributed by atoms with Gasteiger partial charge in [-0.1, -0.05) is 12.1 Å². The second-order valence-corrected chi connectivity index (χ2v) is 5.27. The number of rotatable bonds is 7. The lowest BCUT2D eigenvalue weighted by Gasteiger charge is -2.15. The quantitative estimate of drug-likeness (QED) is 0.384. The van der Waals surface area contributed by atoms with E-state index in [2.05, 4.69) is 20.9 Å². The van der Waals surface area contributed by atoms with Crippen LogP contribution in [0.2, 0.25) is 0 Å². The Labute approximate surface area is 140 Å². The van der Waals surface area contributed by atoms with Crippen molar-refractivity contribution in [1.82, 2.24) is 20.9 Å². The molecule has 3 amide bonds. The van der Waals surface area contributed by atoms with Crippen molar-refractivity contribution in [2.45, 2.75) is 13.3 Å². The summed E-state index contributed by atoms with van der Waals surface area (Å²) in [6.07, 6.45) is 0.626. The van der Waals surface area contributed by atoms with Crippen molar-refractivity contribution < 1.29 is 14.0 Å². The number of urea groups is 1. The van der Waals surface area contributed by atoms with Crippen LogP contribution in [-0.4, -0.2) is 55.5 Å². The Bertz CT molecular complexity index is 604. The van der Waals surface area contributed by atoms with Gasteiger partial charge in [-0.2, -0.15) is 0 Å². The number of hydrogen-bond donors (Lipinski definition) is 3. The Morgan fingerprint density at radius 2 is 2.21 bits per heavy atom. The molecule has 1 aromatic rings. The fourth-order valence-corrected chi connectivity index (χ4v) is 2.30. The lowest BCUT2D eigenvalue weighted by atomic mass is 10.1. The third-order valence-corrected chi connectivity index (χ3v) is 3.47. The van der Waals surface area contributed by atoms with E-state index in [4.69, 9.17) is 0 Å². The maximum absolute atomic E-state index is 13.1. The summed E-state index contributed by atoms with van der Waals surface area (Å²) in [5.74, 6) is 0.117. The molecule has 0 aromatic heterocycles. The van der Waals surface area contributed by atoms with Crippen LogP contribution < -0.4 is 16.0 Å². The number of halogens is 1. The van der Waals surface area contributed by atoms with Gasteiger partial charge in [-0.15, -0.1) is 0 Å². The maximum Gasteiger partial charge on any atom is 0.324 e. The lowest BCUT2D eigenvalue weighted by molar-refractivity contribution is -0.124. The number of nitrogens with one attached hydrogen (secondary N) is 3. The van der Waals surface area contributed by atoms with Crippen molar-refractivity contribution in [2.75, 3.05) is 32.7 Å². The highest BCUT2D eigenvalue weighted by atomic mass is 19.1. The molecule has 1 aliphatic heterocycles. The molecule has 1 aromatic carbocycles. The Hall–Kier alpha value is -2.64. The van der Waals surface area contributed by atoms with Crippen LogP contribution >= 0.6 is 0 Å². The first-order chi connectivity index (χ1) is 11.6. The Balaban J connectivity index is 1.80. The molecular weight excluding hydrogens is 313 g/mol. The highest BCUT2D eigenvalue weighted by Crippen LogP contribution is 2.04. The van der Waals surface area contributed by atoms with E-state index in [0.29, 0.717) is 32.0 Å². The number of amides is 3. The molecule has 1 aliphatic rings. The normalized spacial score (nSPS) is 14.8. The Kier molecular flexibility index (Phi) is 6.53. The Morgan fingerprint density at radius 1 is 1.38 bits per heavy atom. The lowest BCUT2D eigenvalue weighted by Crippen LogP contribution is -2.43. The monoisotopic (exact) mass is 335 g/mol. The van der Waals surface area contributed by atoms with E-state index in [1.807, 2.05) is 13.0 Å². The zero-order valence-corrected chi connectivity index (χ0v) is 13.6. The average molecular weight is 335 g/mol. The van der Waals surface area contributed by atoms with E-state index in [1.165, 1.54) is 17.0 Å². The van der Waals surface area contributed by atoms with Crippen molar-refractivity contribution in [3.05, 3.63) is 35.6 Å². The zero-order chi connectivity index (χ0) is 17.4. The summed E-state index contributed by atoms with van der Waals surface area (Å²) in [5, 5.41) is 8.64.